The Hall–Kier alpha value is -2.89. The predicted molar refractivity (Wildman–Crippen MR) is 107 cm³/mol. The molecule has 2 heterocycles. The van der Waals surface area contributed by atoms with Gasteiger partial charge in [0.15, 0.2) is 0 Å². The number of hydrogen-bond acceptors (Lipinski definition) is 6. The normalized spacial score (nSPS) is 16.1. The Labute approximate surface area is 170 Å². The van der Waals surface area contributed by atoms with Crippen LogP contribution in [0.4, 0.5) is 4.79 Å². The highest BCUT2D eigenvalue weighted by atomic mass is 32.2. The van der Waals surface area contributed by atoms with Crippen molar-refractivity contribution in [2.75, 3.05) is 6.54 Å². The van der Waals surface area contributed by atoms with E-state index in [2.05, 4.69) is 0 Å². The third-order valence-corrected chi connectivity index (χ3v) is 6.18. The van der Waals surface area contributed by atoms with Crippen molar-refractivity contribution in [2.24, 2.45) is 5.14 Å². The number of thioether (sulfide) groups is 1. The smallest absolute Gasteiger partial charge is 0.323 e. The molecule has 1 aromatic carbocycles. The van der Waals surface area contributed by atoms with Crippen LogP contribution in [0.15, 0.2) is 40.1 Å². The quantitative estimate of drug-likeness (QED) is 0.683. The summed E-state index contributed by atoms with van der Waals surface area (Å²) in [6, 6.07) is 7.85. The number of imide groups is 1. The first-order chi connectivity index (χ1) is 13.5. The lowest BCUT2D eigenvalue weighted by molar-refractivity contribution is -0.140. The number of aromatic nitrogens is 1. The molecule has 0 bridgehead atoms. The van der Waals surface area contributed by atoms with Crippen molar-refractivity contribution in [3.8, 4) is 5.69 Å². The highest BCUT2D eigenvalue weighted by Gasteiger charge is 2.36. The first-order valence-corrected chi connectivity index (χ1v) is 10.6. The zero-order valence-electron chi connectivity index (χ0n) is 15.4. The van der Waals surface area contributed by atoms with Crippen LogP contribution in [0.3, 0.4) is 0 Å². The van der Waals surface area contributed by atoms with Gasteiger partial charge in [0.2, 0.25) is 10.0 Å². The topological polar surface area (TPSA) is 140 Å². The van der Waals surface area contributed by atoms with Crippen molar-refractivity contribution in [1.29, 1.82) is 0 Å². The second-order valence-corrected chi connectivity index (χ2v) is 8.92. The van der Waals surface area contributed by atoms with E-state index >= 15 is 0 Å². The Bertz CT molecular complexity index is 1160. The van der Waals surface area contributed by atoms with Gasteiger partial charge >= 0.3 is 5.97 Å². The van der Waals surface area contributed by atoms with Crippen molar-refractivity contribution >= 4 is 45.0 Å². The highest BCUT2D eigenvalue weighted by molar-refractivity contribution is 8.18. The van der Waals surface area contributed by atoms with Crippen LogP contribution in [-0.4, -0.2) is 46.7 Å². The van der Waals surface area contributed by atoms with Crippen molar-refractivity contribution in [1.82, 2.24) is 9.47 Å². The number of carbonyl (C=O) groups excluding carboxylic acids is 2. The van der Waals surface area contributed by atoms with Gasteiger partial charge in [-0.05, 0) is 67.6 Å². The Balaban J connectivity index is 1.96. The van der Waals surface area contributed by atoms with E-state index in [1.54, 1.807) is 18.2 Å². The zero-order valence-corrected chi connectivity index (χ0v) is 17.1. The largest absolute Gasteiger partial charge is 0.480 e. The van der Waals surface area contributed by atoms with E-state index < -0.39 is 33.7 Å². The molecule has 0 spiro atoms. The lowest BCUT2D eigenvalue weighted by Crippen LogP contribution is -2.33. The minimum absolute atomic E-state index is 0.00367. The number of hydrogen-bond donors (Lipinski definition) is 2. The van der Waals surface area contributed by atoms with Gasteiger partial charge in [-0.2, -0.15) is 0 Å². The standard InChI is InChI=1S/C18H17N3O6S2/c1-10-7-12(8-15-17(24)20(9-16(22)23)18(25)28-15)11(2)21(10)13-3-5-14(6-4-13)29(19,26)27/h3-8H,9H2,1-2H3,(H,22,23)(H2,19,26,27)/b15-8+. The second kappa shape index (κ2) is 7.50. The van der Waals surface area contributed by atoms with E-state index in [0.29, 0.717) is 27.9 Å². The number of aryl methyl sites for hydroxylation is 1. The molecule has 11 heteroatoms. The molecule has 0 saturated carbocycles. The summed E-state index contributed by atoms with van der Waals surface area (Å²) >= 11 is 0.688. The summed E-state index contributed by atoms with van der Waals surface area (Å²) in [5, 5.41) is 13.3. The summed E-state index contributed by atoms with van der Waals surface area (Å²) in [5.41, 5.74) is 2.96. The van der Waals surface area contributed by atoms with Gasteiger partial charge in [-0.15, -0.1) is 0 Å². The SMILES string of the molecule is Cc1cc(/C=C2/SC(=O)N(CC(=O)O)C2=O)c(C)n1-c1ccc(S(N)(=O)=O)cc1. The van der Waals surface area contributed by atoms with E-state index in [1.165, 1.54) is 12.1 Å². The molecule has 1 aromatic heterocycles. The van der Waals surface area contributed by atoms with E-state index in [9.17, 15) is 22.8 Å². The van der Waals surface area contributed by atoms with E-state index in [0.717, 1.165) is 11.4 Å². The van der Waals surface area contributed by atoms with Gasteiger partial charge < -0.3 is 9.67 Å². The molecule has 0 atom stereocenters. The average molecular weight is 435 g/mol. The third kappa shape index (κ3) is 4.11. The van der Waals surface area contributed by atoms with Crippen molar-refractivity contribution in [3.63, 3.8) is 0 Å². The minimum atomic E-state index is -3.80. The monoisotopic (exact) mass is 435 g/mol. The molecule has 152 valence electrons. The summed E-state index contributed by atoms with van der Waals surface area (Å²) in [6.07, 6.45) is 1.55. The number of nitrogens with two attached hydrogens (primary N) is 1. The maximum absolute atomic E-state index is 12.3. The lowest BCUT2D eigenvalue weighted by Gasteiger charge is -2.10. The highest BCUT2D eigenvalue weighted by Crippen LogP contribution is 2.33. The molecule has 0 unspecified atom stereocenters. The molecule has 0 aliphatic carbocycles. The number of primary sulfonamides is 1. The van der Waals surface area contributed by atoms with Crippen LogP contribution in [0, 0.1) is 13.8 Å². The number of sulfonamides is 1. The molecular formula is C18H17N3O6S2. The Morgan fingerprint density at radius 3 is 2.38 bits per heavy atom. The van der Waals surface area contributed by atoms with Crippen LogP contribution in [-0.2, 0) is 19.6 Å². The predicted octanol–water partition coefficient (Wildman–Crippen LogP) is 1.86. The summed E-state index contributed by atoms with van der Waals surface area (Å²) in [5.74, 6) is -1.92. The summed E-state index contributed by atoms with van der Waals surface area (Å²) < 4.78 is 24.7. The van der Waals surface area contributed by atoms with Gasteiger partial charge in [0.05, 0.1) is 9.80 Å². The van der Waals surface area contributed by atoms with Gasteiger partial charge in [-0.3, -0.25) is 19.3 Å². The Morgan fingerprint density at radius 2 is 1.83 bits per heavy atom. The molecule has 9 nitrogen and oxygen atoms in total. The molecule has 2 amide bonds. The molecule has 1 aliphatic rings. The van der Waals surface area contributed by atoms with Gasteiger partial charge in [-0.1, -0.05) is 0 Å². The van der Waals surface area contributed by atoms with E-state index in [1.807, 2.05) is 24.5 Å². The van der Waals surface area contributed by atoms with E-state index in [-0.39, 0.29) is 9.80 Å². The third-order valence-electron chi connectivity index (χ3n) is 4.35. The molecule has 2 aromatic rings. The van der Waals surface area contributed by atoms with Crippen LogP contribution in [0.1, 0.15) is 17.0 Å². The van der Waals surface area contributed by atoms with Crippen molar-refractivity contribution in [2.45, 2.75) is 18.7 Å². The maximum Gasteiger partial charge on any atom is 0.323 e. The molecule has 1 saturated heterocycles. The van der Waals surface area contributed by atoms with Crippen LogP contribution in [0.5, 0.6) is 0 Å². The van der Waals surface area contributed by atoms with Crippen molar-refractivity contribution in [3.05, 3.63) is 52.2 Å². The fourth-order valence-corrected chi connectivity index (χ4v) is 4.37. The molecule has 29 heavy (non-hydrogen) atoms. The molecule has 3 N–H and O–H groups in total. The number of nitrogens with zero attached hydrogens (tertiary/aromatic N) is 2. The molecule has 0 radical (unpaired) electrons. The van der Waals surface area contributed by atoms with Gasteiger partial charge in [0, 0.05) is 17.1 Å². The fraction of sp³-hybridized carbons (Fsp3) is 0.167. The van der Waals surface area contributed by atoms with Gasteiger partial charge in [0.1, 0.15) is 6.54 Å². The fourth-order valence-electron chi connectivity index (χ4n) is 3.03. The second-order valence-electron chi connectivity index (χ2n) is 6.36. The molecule has 3 rings (SSSR count). The summed E-state index contributed by atoms with van der Waals surface area (Å²) in [4.78, 5) is 35.9. The lowest BCUT2D eigenvalue weighted by atomic mass is 10.2. The molecule has 1 fully saturated rings. The average Bonchev–Trinajstić information content (AvgIpc) is 3.04. The van der Waals surface area contributed by atoms with Crippen LogP contribution in [0.25, 0.3) is 11.8 Å². The number of carbonyl (C=O) groups is 3. The zero-order chi connectivity index (χ0) is 21.5. The number of carboxylic acids is 1. The number of carboxylic acid groups (broad SMARTS) is 1. The van der Waals surface area contributed by atoms with Gasteiger partial charge in [0.25, 0.3) is 11.1 Å². The van der Waals surface area contributed by atoms with Crippen LogP contribution < -0.4 is 5.14 Å². The maximum atomic E-state index is 12.3. The molecule has 1 aliphatic heterocycles. The Morgan fingerprint density at radius 1 is 1.21 bits per heavy atom. The number of amides is 2. The summed E-state index contributed by atoms with van der Waals surface area (Å²) in [7, 11) is -3.80. The van der Waals surface area contributed by atoms with Crippen LogP contribution >= 0.6 is 11.8 Å². The molecular weight excluding hydrogens is 418 g/mol. The van der Waals surface area contributed by atoms with Crippen molar-refractivity contribution < 1.29 is 27.9 Å². The summed E-state index contributed by atoms with van der Waals surface area (Å²) in [6.45, 7) is 2.97. The number of rotatable bonds is 5. The minimum Gasteiger partial charge on any atom is -0.480 e. The Kier molecular flexibility index (Phi) is 5.39. The van der Waals surface area contributed by atoms with Crippen LogP contribution in [0.2, 0.25) is 0 Å². The number of aliphatic carboxylic acids is 1. The van der Waals surface area contributed by atoms with E-state index in [4.69, 9.17) is 10.2 Å². The first-order valence-electron chi connectivity index (χ1n) is 8.28. The van der Waals surface area contributed by atoms with Gasteiger partial charge in [-0.25, -0.2) is 13.6 Å². The first kappa shape index (κ1) is 20.8. The number of benzene rings is 1.